The molecular weight excluding hydrogens is 220 g/mol. The molecule has 2 unspecified atom stereocenters. The lowest BCUT2D eigenvalue weighted by atomic mass is 9.74. The van der Waals surface area contributed by atoms with Crippen molar-refractivity contribution >= 4 is 0 Å². The summed E-state index contributed by atoms with van der Waals surface area (Å²) in [5.74, 6) is 0.955. The quantitative estimate of drug-likeness (QED) is 0.816. The average molecular weight is 252 g/mol. The van der Waals surface area contributed by atoms with E-state index in [1.165, 1.54) is 45.1 Å². The van der Waals surface area contributed by atoms with E-state index >= 15 is 0 Å². The van der Waals surface area contributed by atoms with E-state index < -0.39 is 0 Å². The van der Waals surface area contributed by atoms with E-state index in [9.17, 15) is 0 Å². The number of nitrogens with two attached hydrogens (primary N) is 1. The Morgan fingerprint density at radius 1 is 1.06 bits per heavy atom. The van der Waals surface area contributed by atoms with Gasteiger partial charge in [0.05, 0.1) is 0 Å². The van der Waals surface area contributed by atoms with E-state index in [0.717, 1.165) is 12.0 Å². The summed E-state index contributed by atoms with van der Waals surface area (Å²) in [5, 5.41) is 0. The molecule has 2 rings (SSSR count). The fourth-order valence-corrected chi connectivity index (χ4v) is 4.60. The predicted octanol–water partition coefficient (Wildman–Crippen LogP) is 3.40. The third-order valence-electron chi connectivity index (χ3n) is 5.03. The molecule has 4 atom stereocenters. The Morgan fingerprint density at radius 3 is 2.28 bits per heavy atom. The molecule has 2 heteroatoms. The van der Waals surface area contributed by atoms with Gasteiger partial charge in [-0.25, -0.2) is 0 Å². The fraction of sp³-hybridized carbons (Fsp3) is 1.00. The smallest absolute Gasteiger partial charge is 0.0295 e. The number of hydrogen-bond acceptors (Lipinski definition) is 2. The minimum Gasteiger partial charge on any atom is -0.327 e. The lowest BCUT2D eigenvalue weighted by molar-refractivity contribution is -0.0213. The van der Waals surface area contributed by atoms with Crippen LogP contribution in [0.4, 0.5) is 0 Å². The van der Waals surface area contributed by atoms with Crippen LogP contribution in [0.2, 0.25) is 0 Å². The molecule has 0 bridgehead atoms. The molecule has 0 aromatic rings. The Balaban J connectivity index is 2.17. The number of likely N-dealkylation sites (tertiary alicyclic amines) is 1. The van der Waals surface area contributed by atoms with Crippen molar-refractivity contribution in [1.29, 1.82) is 0 Å². The highest BCUT2D eigenvalue weighted by Crippen LogP contribution is 2.39. The Bertz CT molecular complexity index is 265. The summed E-state index contributed by atoms with van der Waals surface area (Å²) in [7, 11) is 0. The van der Waals surface area contributed by atoms with Crippen LogP contribution in [0.5, 0.6) is 0 Å². The molecule has 1 heterocycles. The number of rotatable bonds is 2. The van der Waals surface area contributed by atoms with Crippen LogP contribution in [0, 0.1) is 11.3 Å². The zero-order valence-corrected chi connectivity index (χ0v) is 12.8. The van der Waals surface area contributed by atoms with E-state index in [0.29, 0.717) is 6.04 Å². The third kappa shape index (κ3) is 2.91. The third-order valence-corrected chi connectivity index (χ3v) is 5.03. The zero-order valence-electron chi connectivity index (χ0n) is 12.8. The van der Waals surface area contributed by atoms with Crippen LogP contribution in [0.1, 0.15) is 66.2 Å². The van der Waals surface area contributed by atoms with Gasteiger partial charge in [-0.3, -0.25) is 4.90 Å². The molecule has 0 spiro atoms. The van der Waals surface area contributed by atoms with Gasteiger partial charge in [0.15, 0.2) is 0 Å². The molecule has 0 amide bonds. The van der Waals surface area contributed by atoms with Gasteiger partial charge in [0.25, 0.3) is 0 Å². The Morgan fingerprint density at radius 2 is 1.67 bits per heavy atom. The molecule has 0 aromatic heterocycles. The number of nitrogens with zero attached hydrogens (tertiary/aromatic N) is 1. The van der Waals surface area contributed by atoms with Crippen LogP contribution >= 0.6 is 0 Å². The molecular formula is C16H32N2. The van der Waals surface area contributed by atoms with Gasteiger partial charge < -0.3 is 5.73 Å². The van der Waals surface area contributed by atoms with Crippen LogP contribution in [0.3, 0.4) is 0 Å². The molecule has 1 saturated carbocycles. The highest BCUT2D eigenvalue weighted by molar-refractivity contribution is 4.97. The van der Waals surface area contributed by atoms with Gasteiger partial charge in [0.1, 0.15) is 0 Å². The molecule has 2 fully saturated rings. The predicted molar refractivity (Wildman–Crippen MR) is 78.6 cm³/mol. The molecule has 2 aliphatic rings. The van der Waals surface area contributed by atoms with Crippen LogP contribution < -0.4 is 5.73 Å². The first-order valence-electron chi connectivity index (χ1n) is 7.92. The molecule has 1 saturated heterocycles. The first-order valence-corrected chi connectivity index (χ1v) is 7.92. The van der Waals surface area contributed by atoms with E-state index in [-0.39, 0.29) is 11.5 Å². The zero-order chi connectivity index (χ0) is 13.3. The van der Waals surface area contributed by atoms with Crippen molar-refractivity contribution in [3.8, 4) is 0 Å². The molecule has 2 nitrogen and oxygen atoms in total. The second kappa shape index (κ2) is 5.50. The summed E-state index contributed by atoms with van der Waals surface area (Å²) in [6, 6.07) is 1.62. The van der Waals surface area contributed by atoms with Crippen LogP contribution in [-0.4, -0.2) is 29.6 Å². The van der Waals surface area contributed by atoms with Crippen molar-refractivity contribution in [2.45, 2.75) is 84.3 Å². The SMILES string of the molecule is CC(N)C(N1CCC[C@H]2CCCC[C@H]21)C(C)(C)C. The summed E-state index contributed by atoms with van der Waals surface area (Å²) < 4.78 is 0. The topological polar surface area (TPSA) is 29.3 Å². The highest BCUT2D eigenvalue weighted by Gasteiger charge is 2.41. The number of fused-ring (bicyclic) bond motifs is 1. The van der Waals surface area contributed by atoms with Gasteiger partial charge in [-0.15, -0.1) is 0 Å². The second-order valence-electron chi connectivity index (χ2n) is 7.66. The summed E-state index contributed by atoms with van der Waals surface area (Å²) in [6.45, 7) is 10.5. The van der Waals surface area contributed by atoms with Crippen molar-refractivity contribution in [2.75, 3.05) is 6.54 Å². The van der Waals surface area contributed by atoms with Crippen molar-refractivity contribution in [3.63, 3.8) is 0 Å². The molecule has 1 aliphatic heterocycles. The lowest BCUT2D eigenvalue weighted by Gasteiger charge is -2.52. The second-order valence-corrected chi connectivity index (χ2v) is 7.66. The van der Waals surface area contributed by atoms with Gasteiger partial charge in [-0.05, 0) is 50.5 Å². The summed E-state index contributed by atoms with van der Waals surface area (Å²) >= 11 is 0. The number of piperidine rings is 1. The average Bonchev–Trinajstić information content (AvgIpc) is 2.27. The molecule has 106 valence electrons. The lowest BCUT2D eigenvalue weighted by Crippen LogP contribution is -2.60. The normalized spacial score (nSPS) is 33.8. The van der Waals surface area contributed by atoms with E-state index in [2.05, 4.69) is 32.6 Å². The van der Waals surface area contributed by atoms with Crippen molar-refractivity contribution in [2.24, 2.45) is 17.1 Å². The summed E-state index contributed by atoms with van der Waals surface area (Å²) in [5.41, 5.74) is 6.62. The monoisotopic (exact) mass is 252 g/mol. The van der Waals surface area contributed by atoms with Gasteiger partial charge in [0, 0.05) is 18.1 Å². The van der Waals surface area contributed by atoms with Gasteiger partial charge >= 0.3 is 0 Å². The molecule has 0 aromatic carbocycles. The molecule has 0 radical (unpaired) electrons. The van der Waals surface area contributed by atoms with Crippen LogP contribution in [0.15, 0.2) is 0 Å². The van der Waals surface area contributed by atoms with E-state index in [1.54, 1.807) is 0 Å². The van der Waals surface area contributed by atoms with Crippen LogP contribution in [0.25, 0.3) is 0 Å². The highest BCUT2D eigenvalue weighted by atomic mass is 15.2. The molecule has 2 N–H and O–H groups in total. The summed E-state index contributed by atoms with van der Waals surface area (Å²) in [4.78, 5) is 2.79. The minimum atomic E-state index is 0.269. The molecule has 1 aliphatic carbocycles. The first kappa shape index (κ1) is 14.3. The maximum atomic E-state index is 6.33. The fourth-order valence-electron chi connectivity index (χ4n) is 4.60. The van der Waals surface area contributed by atoms with Crippen molar-refractivity contribution < 1.29 is 0 Å². The maximum Gasteiger partial charge on any atom is 0.0295 e. The number of hydrogen-bond donors (Lipinski definition) is 1. The Kier molecular flexibility index (Phi) is 4.38. The van der Waals surface area contributed by atoms with E-state index in [4.69, 9.17) is 5.73 Å². The van der Waals surface area contributed by atoms with Gasteiger partial charge in [-0.2, -0.15) is 0 Å². The largest absolute Gasteiger partial charge is 0.327 e. The summed E-state index contributed by atoms with van der Waals surface area (Å²) in [6.07, 6.45) is 8.57. The van der Waals surface area contributed by atoms with Gasteiger partial charge in [-0.1, -0.05) is 33.6 Å². The maximum absolute atomic E-state index is 6.33. The Labute approximate surface area is 113 Å². The van der Waals surface area contributed by atoms with E-state index in [1.807, 2.05) is 0 Å². The van der Waals surface area contributed by atoms with Crippen molar-refractivity contribution in [1.82, 2.24) is 4.90 Å². The standard InChI is InChI=1S/C16H32N2/c1-12(17)15(16(2,3)4)18-11-7-9-13-8-5-6-10-14(13)18/h12-15H,5-11,17H2,1-4H3/t12?,13-,14-,15?/m1/s1. The first-order chi connectivity index (χ1) is 8.41. The van der Waals surface area contributed by atoms with Gasteiger partial charge in [0.2, 0.25) is 0 Å². The Hall–Kier alpha value is -0.0800. The van der Waals surface area contributed by atoms with Crippen molar-refractivity contribution in [3.05, 3.63) is 0 Å². The van der Waals surface area contributed by atoms with Crippen LogP contribution in [-0.2, 0) is 0 Å². The molecule has 18 heavy (non-hydrogen) atoms. The minimum absolute atomic E-state index is 0.269.